The molecule has 132 valence electrons. The molecule has 0 aliphatic heterocycles. The van der Waals surface area contributed by atoms with Crippen LogP contribution in [0.2, 0.25) is 0 Å². The monoisotopic (exact) mass is 334 g/mol. The van der Waals surface area contributed by atoms with Crippen LogP contribution in [0, 0.1) is 12.8 Å². The Morgan fingerprint density at radius 1 is 1.17 bits per heavy atom. The SMILES string of the molecule is Cc1ccccc1C(=O)NC(CC(C)C)C(=O)N(C)C(C)C(=O)O. The molecule has 0 spiro atoms. The summed E-state index contributed by atoms with van der Waals surface area (Å²) in [5, 5.41) is 11.8. The van der Waals surface area contributed by atoms with Crippen LogP contribution >= 0.6 is 0 Å². The molecular formula is C18H26N2O4. The van der Waals surface area contributed by atoms with Gasteiger partial charge in [-0.15, -0.1) is 0 Å². The van der Waals surface area contributed by atoms with Crippen LogP contribution in [0.3, 0.4) is 0 Å². The lowest BCUT2D eigenvalue weighted by atomic mass is 10.0. The number of carboxylic acid groups (broad SMARTS) is 1. The van der Waals surface area contributed by atoms with E-state index in [1.165, 1.54) is 14.0 Å². The van der Waals surface area contributed by atoms with Gasteiger partial charge < -0.3 is 15.3 Å². The average molecular weight is 334 g/mol. The molecule has 1 aromatic carbocycles. The van der Waals surface area contributed by atoms with E-state index in [9.17, 15) is 14.4 Å². The van der Waals surface area contributed by atoms with Crippen molar-refractivity contribution in [2.75, 3.05) is 7.05 Å². The lowest BCUT2D eigenvalue weighted by Gasteiger charge is -2.28. The predicted molar refractivity (Wildman–Crippen MR) is 91.8 cm³/mol. The number of hydrogen-bond donors (Lipinski definition) is 2. The fourth-order valence-corrected chi connectivity index (χ4v) is 2.36. The van der Waals surface area contributed by atoms with Crippen molar-refractivity contribution in [2.24, 2.45) is 5.92 Å². The molecule has 24 heavy (non-hydrogen) atoms. The van der Waals surface area contributed by atoms with Crippen molar-refractivity contribution < 1.29 is 19.5 Å². The zero-order chi connectivity index (χ0) is 18.4. The maximum atomic E-state index is 12.6. The highest BCUT2D eigenvalue weighted by atomic mass is 16.4. The topological polar surface area (TPSA) is 86.7 Å². The van der Waals surface area contributed by atoms with Crippen LogP contribution in [0.15, 0.2) is 24.3 Å². The zero-order valence-corrected chi connectivity index (χ0v) is 14.9. The molecule has 2 atom stereocenters. The molecule has 2 N–H and O–H groups in total. The number of aliphatic carboxylic acids is 1. The number of nitrogens with zero attached hydrogens (tertiary/aromatic N) is 1. The van der Waals surface area contributed by atoms with E-state index in [-0.39, 0.29) is 11.8 Å². The Morgan fingerprint density at radius 3 is 2.25 bits per heavy atom. The molecule has 0 radical (unpaired) electrons. The molecule has 2 unspecified atom stereocenters. The summed E-state index contributed by atoms with van der Waals surface area (Å²) in [6, 6.07) is 5.41. The first-order valence-electron chi connectivity index (χ1n) is 8.01. The summed E-state index contributed by atoms with van der Waals surface area (Å²) in [7, 11) is 1.44. The van der Waals surface area contributed by atoms with Crippen molar-refractivity contribution >= 4 is 17.8 Å². The number of likely N-dealkylation sites (N-methyl/N-ethyl adjacent to an activating group) is 1. The molecule has 0 aromatic heterocycles. The highest BCUT2D eigenvalue weighted by Gasteiger charge is 2.30. The molecule has 0 saturated heterocycles. The van der Waals surface area contributed by atoms with Crippen molar-refractivity contribution in [3.63, 3.8) is 0 Å². The average Bonchev–Trinajstić information content (AvgIpc) is 2.51. The molecule has 0 aliphatic rings. The molecule has 6 heteroatoms. The summed E-state index contributed by atoms with van der Waals surface area (Å²) in [5.74, 6) is -1.65. The third-order valence-electron chi connectivity index (χ3n) is 3.99. The van der Waals surface area contributed by atoms with E-state index in [0.29, 0.717) is 12.0 Å². The van der Waals surface area contributed by atoms with Gasteiger partial charge >= 0.3 is 5.97 Å². The zero-order valence-electron chi connectivity index (χ0n) is 14.9. The second-order valence-corrected chi connectivity index (χ2v) is 6.43. The van der Waals surface area contributed by atoms with Gasteiger partial charge in [0.05, 0.1) is 0 Å². The summed E-state index contributed by atoms with van der Waals surface area (Å²) in [6.07, 6.45) is 0.438. The van der Waals surface area contributed by atoms with Crippen LogP contribution in [0.1, 0.15) is 43.1 Å². The van der Waals surface area contributed by atoms with Crippen LogP contribution in [0.5, 0.6) is 0 Å². The molecular weight excluding hydrogens is 308 g/mol. The fourth-order valence-electron chi connectivity index (χ4n) is 2.36. The summed E-state index contributed by atoms with van der Waals surface area (Å²) >= 11 is 0. The minimum absolute atomic E-state index is 0.171. The summed E-state index contributed by atoms with van der Waals surface area (Å²) < 4.78 is 0. The minimum Gasteiger partial charge on any atom is -0.480 e. The fraction of sp³-hybridized carbons (Fsp3) is 0.500. The Kier molecular flexibility index (Phi) is 6.95. The van der Waals surface area contributed by atoms with Crippen LogP contribution < -0.4 is 5.32 Å². The molecule has 2 amide bonds. The highest BCUT2D eigenvalue weighted by Crippen LogP contribution is 2.12. The molecule has 0 aliphatic carbocycles. The molecule has 0 heterocycles. The van der Waals surface area contributed by atoms with E-state index in [1.54, 1.807) is 12.1 Å². The number of carbonyl (C=O) groups is 3. The number of amides is 2. The third kappa shape index (κ3) is 5.08. The maximum Gasteiger partial charge on any atom is 0.326 e. The van der Waals surface area contributed by atoms with Crippen molar-refractivity contribution in [3.05, 3.63) is 35.4 Å². The lowest BCUT2D eigenvalue weighted by Crippen LogP contribution is -2.52. The van der Waals surface area contributed by atoms with Crippen molar-refractivity contribution in [1.29, 1.82) is 0 Å². The molecule has 0 bridgehead atoms. The molecule has 1 aromatic rings. The van der Waals surface area contributed by atoms with Gasteiger partial charge in [0.1, 0.15) is 12.1 Å². The van der Waals surface area contributed by atoms with Crippen LogP contribution in [-0.2, 0) is 9.59 Å². The van der Waals surface area contributed by atoms with Gasteiger partial charge in [0, 0.05) is 12.6 Å². The number of carboxylic acids is 1. The maximum absolute atomic E-state index is 12.6. The number of nitrogens with one attached hydrogen (secondary N) is 1. The minimum atomic E-state index is -1.08. The summed E-state index contributed by atoms with van der Waals surface area (Å²) in [5.41, 5.74) is 1.32. The molecule has 0 fully saturated rings. The number of carbonyl (C=O) groups excluding carboxylic acids is 2. The first kappa shape index (κ1) is 19.7. The number of hydrogen-bond acceptors (Lipinski definition) is 3. The first-order chi connectivity index (χ1) is 11.1. The van der Waals surface area contributed by atoms with Gasteiger partial charge in [0.2, 0.25) is 5.91 Å². The molecule has 0 saturated carbocycles. The normalized spacial score (nSPS) is 13.2. The van der Waals surface area contributed by atoms with Gasteiger partial charge in [-0.2, -0.15) is 0 Å². The second-order valence-electron chi connectivity index (χ2n) is 6.43. The third-order valence-corrected chi connectivity index (χ3v) is 3.99. The van der Waals surface area contributed by atoms with Gasteiger partial charge in [-0.3, -0.25) is 9.59 Å². The highest BCUT2D eigenvalue weighted by molar-refractivity contribution is 5.99. The van der Waals surface area contributed by atoms with E-state index in [1.807, 2.05) is 32.9 Å². The Hall–Kier alpha value is -2.37. The van der Waals surface area contributed by atoms with Crippen molar-refractivity contribution in [2.45, 2.75) is 46.2 Å². The van der Waals surface area contributed by atoms with Gasteiger partial charge in [-0.25, -0.2) is 4.79 Å². The van der Waals surface area contributed by atoms with Crippen LogP contribution in [-0.4, -0.2) is 46.9 Å². The van der Waals surface area contributed by atoms with Crippen molar-refractivity contribution in [1.82, 2.24) is 10.2 Å². The van der Waals surface area contributed by atoms with E-state index in [0.717, 1.165) is 10.5 Å². The Labute approximate surface area is 142 Å². The summed E-state index contributed by atoms with van der Waals surface area (Å²) in [4.78, 5) is 37.4. The lowest BCUT2D eigenvalue weighted by molar-refractivity contribution is -0.149. The van der Waals surface area contributed by atoms with Gasteiger partial charge in [0.15, 0.2) is 0 Å². The second kappa shape index (κ2) is 8.47. The molecule has 6 nitrogen and oxygen atoms in total. The van der Waals surface area contributed by atoms with Gasteiger partial charge in [-0.1, -0.05) is 32.0 Å². The number of aryl methyl sites for hydroxylation is 1. The Bertz CT molecular complexity index is 613. The predicted octanol–water partition coefficient (Wildman–Crippen LogP) is 2.07. The Balaban J connectivity index is 2.97. The van der Waals surface area contributed by atoms with Gasteiger partial charge in [0.25, 0.3) is 5.91 Å². The smallest absolute Gasteiger partial charge is 0.326 e. The van der Waals surface area contributed by atoms with E-state index in [4.69, 9.17) is 5.11 Å². The van der Waals surface area contributed by atoms with Crippen LogP contribution in [0.25, 0.3) is 0 Å². The first-order valence-corrected chi connectivity index (χ1v) is 8.01. The van der Waals surface area contributed by atoms with Gasteiger partial charge in [-0.05, 0) is 37.8 Å². The largest absolute Gasteiger partial charge is 0.480 e. The van der Waals surface area contributed by atoms with E-state index < -0.39 is 24.0 Å². The summed E-state index contributed by atoms with van der Waals surface area (Å²) in [6.45, 7) is 7.16. The quantitative estimate of drug-likeness (QED) is 0.799. The van der Waals surface area contributed by atoms with E-state index in [2.05, 4.69) is 5.32 Å². The van der Waals surface area contributed by atoms with Crippen LogP contribution in [0.4, 0.5) is 0 Å². The van der Waals surface area contributed by atoms with Crippen molar-refractivity contribution in [3.8, 4) is 0 Å². The standard InChI is InChI=1S/C18H26N2O4/c1-11(2)10-15(17(22)20(5)13(4)18(23)24)19-16(21)14-9-7-6-8-12(14)3/h6-9,11,13,15H,10H2,1-5H3,(H,19,21)(H,23,24). The van der Waals surface area contributed by atoms with E-state index >= 15 is 0 Å². The number of rotatable bonds is 7. The Morgan fingerprint density at radius 2 is 1.75 bits per heavy atom. The number of benzene rings is 1. The molecule has 1 rings (SSSR count).